The van der Waals surface area contributed by atoms with Crippen LogP contribution in [0.3, 0.4) is 0 Å². The minimum absolute atomic E-state index is 0.731. The van der Waals surface area contributed by atoms with Crippen LogP contribution < -0.4 is 0 Å². The van der Waals surface area contributed by atoms with Crippen LogP contribution in [-0.2, 0) is 4.43 Å². The van der Waals surface area contributed by atoms with Crippen molar-refractivity contribution in [3.8, 4) is 0 Å². The van der Waals surface area contributed by atoms with Crippen molar-refractivity contribution in [2.75, 3.05) is 0 Å². The molecular weight excluding hydrogens is 237 g/mol. The summed E-state index contributed by atoms with van der Waals surface area (Å²) in [4.78, 5) is 3.33. The van der Waals surface area contributed by atoms with Gasteiger partial charge in [-0.1, -0.05) is 46.9 Å². The second kappa shape index (κ2) is 3.57. The Morgan fingerprint density at radius 2 is 2.30 bits per heavy atom. The van der Waals surface area contributed by atoms with Gasteiger partial charge in [0.25, 0.3) is 0 Å². The minimum Gasteiger partial charge on any atom is -0.238 e. The molecule has 0 radical (unpaired) electrons. The van der Waals surface area contributed by atoms with E-state index in [-0.39, 0.29) is 0 Å². The molecule has 0 atom stereocenters. The summed E-state index contributed by atoms with van der Waals surface area (Å²) in [6.07, 6.45) is 0. The third-order valence-electron chi connectivity index (χ3n) is 1.19. The Morgan fingerprint density at radius 1 is 1.50 bits per heavy atom. The van der Waals surface area contributed by atoms with E-state index in [1.54, 1.807) is 0 Å². The first kappa shape index (κ1) is 7.55. The molecule has 0 amide bonds. The molecule has 10 heavy (non-hydrogen) atoms. The number of nitrogens with zero attached hydrogens (tertiary/aromatic N) is 1. The first-order valence-electron chi connectivity index (χ1n) is 2.89. The lowest BCUT2D eigenvalue weighted by atomic mass is 10.2. The Morgan fingerprint density at radius 3 is 2.90 bits per heavy atom. The summed E-state index contributed by atoms with van der Waals surface area (Å²) >= 11 is 2.28. The summed E-state index contributed by atoms with van der Waals surface area (Å²) < 4.78 is 0.973. The van der Waals surface area contributed by atoms with Gasteiger partial charge in [0.2, 0.25) is 0 Å². The van der Waals surface area contributed by atoms with E-state index in [4.69, 9.17) is 6.57 Å². The Hall–Kier alpha value is -0.560. The fraction of sp³-hybridized carbons (Fsp3) is 0.125. The molecule has 0 aliphatic carbocycles. The molecule has 50 valence electrons. The Kier molecular flexibility index (Phi) is 2.69. The molecule has 1 nitrogen and oxygen atoms in total. The predicted octanol–water partition coefficient (Wildman–Crippen LogP) is 3.17. The van der Waals surface area contributed by atoms with Gasteiger partial charge in [-0.25, -0.2) is 4.85 Å². The van der Waals surface area contributed by atoms with E-state index < -0.39 is 0 Å². The number of hydrogen-bond acceptors (Lipinski definition) is 0. The number of rotatable bonds is 1. The molecule has 0 aliphatic heterocycles. The molecule has 1 rings (SSSR count). The molecule has 2 heteroatoms. The van der Waals surface area contributed by atoms with E-state index in [0.29, 0.717) is 0 Å². The molecule has 0 unspecified atom stereocenters. The average molecular weight is 243 g/mol. The van der Waals surface area contributed by atoms with Gasteiger partial charge in [-0.3, -0.25) is 0 Å². The van der Waals surface area contributed by atoms with E-state index in [0.717, 1.165) is 10.1 Å². The van der Waals surface area contributed by atoms with Crippen LogP contribution >= 0.6 is 22.6 Å². The molecule has 0 N–H and O–H groups in total. The van der Waals surface area contributed by atoms with Crippen LogP contribution in [0.4, 0.5) is 5.69 Å². The highest BCUT2D eigenvalue weighted by molar-refractivity contribution is 14.1. The third-order valence-corrected chi connectivity index (χ3v) is 2.07. The standard InChI is InChI=1S/C8H6IN/c1-10-8-4-2-3-7(5-8)6-9/h2-5H,6H2. The maximum Gasteiger partial charge on any atom is 0.187 e. The van der Waals surface area contributed by atoms with Crippen molar-refractivity contribution >= 4 is 28.3 Å². The molecule has 0 heterocycles. The van der Waals surface area contributed by atoms with Crippen molar-refractivity contribution in [2.45, 2.75) is 4.43 Å². The fourth-order valence-electron chi connectivity index (χ4n) is 0.709. The van der Waals surface area contributed by atoms with Crippen LogP contribution in [0.25, 0.3) is 4.85 Å². The zero-order chi connectivity index (χ0) is 7.40. The molecule has 0 saturated heterocycles. The average Bonchev–Trinajstić information content (AvgIpc) is 2.05. The van der Waals surface area contributed by atoms with Gasteiger partial charge >= 0.3 is 0 Å². The van der Waals surface area contributed by atoms with Crippen LogP contribution in [-0.4, -0.2) is 0 Å². The van der Waals surface area contributed by atoms with Crippen molar-refractivity contribution in [3.05, 3.63) is 41.2 Å². The minimum atomic E-state index is 0.731. The van der Waals surface area contributed by atoms with Gasteiger partial charge in [0.15, 0.2) is 5.69 Å². The van der Waals surface area contributed by atoms with Crippen LogP contribution in [0.5, 0.6) is 0 Å². The van der Waals surface area contributed by atoms with Crippen molar-refractivity contribution < 1.29 is 0 Å². The maximum absolute atomic E-state index is 6.74. The van der Waals surface area contributed by atoms with E-state index in [1.165, 1.54) is 5.56 Å². The van der Waals surface area contributed by atoms with Crippen molar-refractivity contribution in [1.82, 2.24) is 0 Å². The van der Waals surface area contributed by atoms with Gasteiger partial charge in [0.1, 0.15) is 0 Å². The summed E-state index contributed by atoms with van der Waals surface area (Å²) in [7, 11) is 0. The number of halogens is 1. The van der Waals surface area contributed by atoms with Crippen molar-refractivity contribution in [3.63, 3.8) is 0 Å². The molecular formula is C8H6IN. The van der Waals surface area contributed by atoms with E-state index in [2.05, 4.69) is 27.4 Å². The van der Waals surface area contributed by atoms with E-state index in [1.807, 2.05) is 24.3 Å². The third kappa shape index (κ3) is 1.71. The van der Waals surface area contributed by atoms with Gasteiger partial charge in [-0.2, -0.15) is 0 Å². The summed E-state index contributed by atoms with van der Waals surface area (Å²) in [5.41, 5.74) is 1.95. The molecule has 0 aromatic heterocycles. The van der Waals surface area contributed by atoms with Crippen LogP contribution in [0.15, 0.2) is 24.3 Å². The zero-order valence-corrected chi connectivity index (χ0v) is 7.50. The van der Waals surface area contributed by atoms with Crippen LogP contribution in [0.1, 0.15) is 5.56 Å². The smallest absolute Gasteiger partial charge is 0.187 e. The van der Waals surface area contributed by atoms with Crippen LogP contribution in [0.2, 0.25) is 0 Å². The molecule has 0 bridgehead atoms. The maximum atomic E-state index is 6.74. The molecule has 1 aromatic carbocycles. The van der Waals surface area contributed by atoms with Gasteiger partial charge in [0.05, 0.1) is 6.57 Å². The SMILES string of the molecule is [C-]#[N+]c1cccc(CI)c1. The lowest BCUT2D eigenvalue weighted by molar-refractivity contribution is 1.46. The lowest BCUT2D eigenvalue weighted by Crippen LogP contribution is -1.72. The largest absolute Gasteiger partial charge is 0.238 e. The first-order valence-corrected chi connectivity index (χ1v) is 4.41. The highest BCUT2D eigenvalue weighted by Gasteiger charge is 1.90. The fourth-order valence-corrected chi connectivity index (χ4v) is 1.18. The second-order valence-electron chi connectivity index (χ2n) is 1.92. The molecule has 0 aliphatic rings. The zero-order valence-electron chi connectivity index (χ0n) is 5.34. The summed E-state index contributed by atoms with van der Waals surface area (Å²) in [5.74, 6) is 0. The summed E-state index contributed by atoms with van der Waals surface area (Å²) in [6.45, 7) is 6.74. The van der Waals surface area contributed by atoms with Gasteiger partial charge in [0, 0.05) is 4.43 Å². The van der Waals surface area contributed by atoms with E-state index >= 15 is 0 Å². The number of benzene rings is 1. The van der Waals surface area contributed by atoms with Crippen molar-refractivity contribution in [1.29, 1.82) is 0 Å². The van der Waals surface area contributed by atoms with Crippen molar-refractivity contribution in [2.24, 2.45) is 0 Å². The molecule has 0 saturated carbocycles. The van der Waals surface area contributed by atoms with E-state index in [9.17, 15) is 0 Å². The molecule has 1 aromatic rings. The predicted molar refractivity (Wildman–Crippen MR) is 50.4 cm³/mol. The monoisotopic (exact) mass is 243 g/mol. The Labute approximate surface area is 74.0 Å². The normalized spacial score (nSPS) is 8.80. The highest BCUT2D eigenvalue weighted by atomic mass is 127. The Balaban J connectivity index is 3.01. The first-order chi connectivity index (χ1) is 4.86. The van der Waals surface area contributed by atoms with Crippen LogP contribution in [0, 0.1) is 6.57 Å². The topological polar surface area (TPSA) is 4.36 Å². The quantitative estimate of drug-likeness (QED) is 0.405. The lowest BCUT2D eigenvalue weighted by Gasteiger charge is -1.93. The second-order valence-corrected chi connectivity index (χ2v) is 2.68. The van der Waals surface area contributed by atoms with Gasteiger partial charge in [-0.05, 0) is 5.56 Å². The number of alkyl halides is 1. The molecule has 0 fully saturated rings. The highest BCUT2D eigenvalue weighted by Crippen LogP contribution is 2.15. The summed E-state index contributed by atoms with van der Waals surface area (Å²) in [5, 5.41) is 0. The number of hydrogen-bond donors (Lipinski definition) is 0. The van der Waals surface area contributed by atoms with Gasteiger partial charge < -0.3 is 0 Å². The molecule has 0 spiro atoms. The van der Waals surface area contributed by atoms with Gasteiger partial charge in [-0.15, -0.1) is 0 Å². The summed E-state index contributed by atoms with van der Waals surface area (Å²) in [6, 6.07) is 7.69. The Bertz CT molecular complexity index is 262.